The molecule has 0 radical (unpaired) electrons. The quantitative estimate of drug-likeness (QED) is 0.902. The van der Waals surface area contributed by atoms with Gasteiger partial charge in [0.25, 0.3) is 0 Å². The van der Waals surface area contributed by atoms with Crippen LogP contribution in [-0.4, -0.2) is 17.0 Å². The molecule has 0 spiro atoms. The molecule has 1 saturated carbocycles. The van der Waals surface area contributed by atoms with Gasteiger partial charge < -0.3 is 10.4 Å². The highest BCUT2D eigenvalue weighted by Crippen LogP contribution is 2.32. The van der Waals surface area contributed by atoms with Gasteiger partial charge in [0, 0.05) is 12.1 Å². The molecule has 0 aromatic heterocycles. The summed E-state index contributed by atoms with van der Waals surface area (Å²) in [5.74, 6) is -7.14. The molecule has 2 rings (SSSR count). The number of carbonyl (C=O) groups is 2. The molecule has 0 heterocycles. The molecule has 4 nitrogen and oxygen atoms in total. The summed E-state index contributed by atoms with van der Waals surface area (Å²) in [5, 5.41) is 11.1. The zero-order valence-corrected chi connectivity index (χ0v) is 11.0. The highest BCUT2D eigenvalue weighted by Gasteiger charge is 2.36. The van der Waals surface area contributed by atoms with E-state index in [1.165, 1.54) is 0 Å². The molecule has 1 aromatic carbocycles. The number of amides is 1. The number of carboxylic acid groups (broad SMARTS) is 1. The molecule has 0 saturated heterocycles. The van der Waals surface area contributed by atoms with Gasteiger partial charge >= 0.3 is 5.97 Å². The summed E-state index contributed by atoms with van der Waals surface area (Å²) in [7, 11) is 0. The topological polar surface area (TPSA) is 66.4 Å². The Morgan fingerprint density at radius 3 is 2.10 bits per heavy atom. The summed E-state index contributed by atoms with van der Waals surface area (Å²) >= 11 is 0. The van der Waals surface area contributed by atoms with Crippen LogP contribution in [0.25, 0.3) is 0 Å². The van der Waals surface area contributed by atoms with E-state index < -0.39 is 46.9 Å². The molecule has 1 amide bonds. The maximum absolute atomic E-state index is 13.5. The minimum Gasteiger partial charge on any atom is -0.481 e. The van der Waals surface area contributed by atoms with Gasteiger partial charge in [0.2, 0.25) is 5.91 Å². The van der Waals surface area contributed by atoms with Crippen LogP contribution in [0.3, 0.4) is 0 Å². The molecular formula is C14H14F3NO3. The third kappa shape index (κ3) is 3.34. The van der Waals surface area contributed by atoms with Crippen LogP contribution in [-0.2, 0) is 9.59 Å². The van der Waals surface area contributed by atoms with Gasteiger partial charge in [-0.3, -0.25) is 9.59 Å². The largest absolute Gasteiger partial charge is 0.481 e. The predicted octanol–water partition coefficient (Wildman–Crippen LogP) is 2.93. The highest BCUT2D eigenvalue weighted by molar-refractivity contribution is 5.95. The summed E-state index contributed by atoms with van der Waals surface area (Å²) < 4.78 is 39.8. The summed E-state index contributed by atoms with van der Waals surface area (Å²) in [5.41, 5.74) is -0.754. The fourth-order valence-electron chi connectivity index (χ4n) is 2.62. The molecule has 0 aliphatic heterocycles. The van der Waals surface area contributed by atoms with Gasteiger partial charge in [0.05, 0.1) is 11.8 Å². The minimum absolute atomic E-state index is 0.341. The van der Waals surface area contributed by atoms with Crippen molar-refractivity contribution >= 4 is 17.6 Å². The third-order valence-electron chi connectivity index (χ3n) is 3.68. The van der Waals surface area contributed by atoms with E-state index in [0.29, 0.717) is 37.8 Å². The fraction of sp³-hybridized carbons (Fsp3) is 0.429. The maximum Gasteiger partial charge on any atom is 0.307 e. The Morgan fingerprint density at radius 2 is 1.57 bits per heavy atom. The van der Waals surface area contributed by atoms with E-state index in [1.54, 1.807) is 0 Å². The molecule has 1 aliphatic carbocycles. The zero-order chi connectivity index (χ0) is 15.6. The third-order valence-corrected chi connectivity index (χ3v) is 3.68. The van der Waals surface area contributed by atoms with Crippen molar-refractivity contribution in [3.05, 3.63) is 29.6 Å². The van der Waals surface area contributed by atoms with Crippen LogP contribution in [0.1, 0.15) is 25.7 Å². The smallest absolute Gasteiger partial charge is 0.307 e. The Bertz CT molecular complexity index is 554. The van der Waals surface area contributed by atoms with Gasteiger partial charge in [-0.1, -0.05) is 12.8 Å². The van der Waals surface area contributed by atoms with Crippen LogP contribution in [0.2, 0.25) is 0 Å². The Morgan fingerprint density at radius 1 is 1.05 bits per heavy atom. The standard InChI is InChI=1S/C14H14F3NO3/c15-7-5-10(16)12(11(17)6-7)18-13(19)8-3-1-2-4-9(8)14(20)21/h5-6,8-9H,1-4H2,(H,18,19)(H,20,21)/t8-,9+/m1/s1. The average Bonchev–Trinajstić information content (AvgIpc) is 2.42. The molecule has 0 unspecified atom stereocenters. The molecule has 0 bridgehead atoms. The van der Waals surface area contributed by atoms with E-state index in [1.807, 2.05) is 5.32 Å². The van der Waals surface area contributed by atoms with E-state index in [0.717, 1.165) is 0 Å². The summed E-state index contributed by atoms with van der Waals surface area (Å²) in [6.45, 7) is 0. The number of nitrogens with one attached hydrogen (secondary N) is 1. The molecule has 114 valence electrons. The predicted molar refractivity (Wildman–Crippen MR) is 68.0 cm³/mol. The van der Waals surface area contributed by atoms with Crippen LogP contribution in [0.5, 0.6) is 0 Å². The lowest BCUT2D eigenvalue weighted by molar-refractivity contribution is -0.147. The lowest BCUT2D eigenvalue weighted by atomic mass is 9.78. The van der Waals surface area contributed by atoms with Gasteiger partial charge in [-0.15, -0.1) is 0 Å². The van der Waals surface area contributed by atoms with Crippen molar-refractivity contribution in [1.29, 1.82) is 0 Å². The van der Waals surface area contributed by atoms with Crippen molar-refractivity contribution in [3.63, 3.8) is 0 Å². The van der Waals surface area contributed by atoms with Gasteiger partial charge in [-0.2, -0.15) is 0 Å². The Labute approximate surface area is 119 Å². The first-order valence-corrected chi connectivity index (χ1v) is 6.58. The lowest BCUT2D eigenvalue weighted by Gasteiger charge is -2.27. The second-order valence-corrected chi connectivity index (χ2v) is 5.07. The van der Waals surface area contributed by atoms with Crippen LogP contribution in [0, 0.1) is 29.3 Å². The normalized spacial score (nSPS) is 21.9. The molecule has 2 N–H and O–H groups in total. The number of hydrogen-bond acceptors (Lipinski definition) is 2. The van der Waals surface area contributed by atoms with Crippen molar-refractivity contribution in [1.82, 2.24) is 0 Å². The molecule has 2 atom stereocenters. The molecule has 1 aromatic rings. The van der Waals surface area contributed by atoms with Crippen LogP contribution in [0.4, 0.5) is 18.9 Å². The zero-order valence-electron chi connectivity index (χ0n) is 11.0. The number of anilines is 1. The van der Waals surface area contributed by atoms with Crippen molar-refractivity contribution in [3.8, 4) is 0 Å². The summed E-state index contributed by atoms with van der Waals surface area (Å²) in [4.78, 5) is 23.2. The number of carbonyl (C=O) groups excluding carboxylic acids is 1. The maximum atomic E-state index is 13.5. The number of rotatable bonds is 3. The summed E-state index contributed by atoms with van der Waals surface area (Å²) in [6.07, 6.45) is 2.06. The van der Waals surface area contributed by atoms with E-state index >= 15 is 0 Å². The van der Waals surface area contributed by atoms with Gasteiger partial charge in [-0.05, 0) is 12.8 Å². The molecule has 21 heavy (non-hydrogen) atoms. The van der Waals surface area contributed by atoms with Crippen molar-refractivity contribution < 1.29 is 27.9 Å². The monoisotopic (exact) mass is 301 g/mol. The Hall–Kier alpha value is -2.05. The van der Waals surface area contributed by atoms with E-state index in [-0.39, 0.29) is 0 Å². The van der Waals surface area contributed by atoms with Crippen LogP contribution in [0.15, 0.2) is 12.1 Å². The number of benzene rings is 1. The van der Waals surface area contributed by atoms with Crippen molar-refractivity contribution in [2.75, 3.05) is 5.32 Å². The Kier molecular flexibility index (Phi) is 4.50. The SMILES string of the molecule is O=C(O)[C@H]1CCCC[C@H]1C(=O)Nc1c(F)cc(F)cc1F. The molecule has 1 fully saturated rings. The first kappa shape index (κ1) is 15.3. The van der Waals surface area contributed by atoms with Crippen molar-refractivity contribution in [2.45, 2.75) is 25.7 Å². The molecular weight excluding hydrogens is 287 g/mol. The van der Waals surface area contributed by atoms with Crippen LogP contribution >= 0.6 is 0 Å². The first-order valence-electron chi connectivity index (χ1n) is 6.58. The van der Waals surface area contributed by atoms with E-state index in [4.69, 9.17) is 5.11 Å². The number of halogens is 3. The first-order chi connectivity index (χ1) is 9.90. The fourth-order valence-corrected chi connectivity index (χ4v) is 2.62. The minimum atomic E-state index is -1.23. The van der Waals surface area contributed by atoms with Gasteiger partial charge in [0.15, 0.2) is 11.6 Å². The summed E-state index contributed by atoms with van der Waals surface area (Å²) in [6, 6.07) is 0.905. The van der Waals surface area contributed by atoms with Crippen LogP contribution < -0.4 is 5.32 Å². The molecule has 1 aliphatic rings. The van der Waals surface area contributed by atoms with Crippen molar-refractivity contribution in [2.24, 2.45) is 11.8 Å². The number of aliphatic carboxylic acids is 1. The van der Waals surface area contributed by atoms with E-state index in [2.05, 4.69) is 0 Å². The van der Waals surface area contributed by atoms with Gasteiger partial charge in [-0.25, -0.2) is 13.2 Å². The van der Waals surface area contributed by atoms with Gasteiger partial charge in [0.1, 0.15) is 11.5 Å². The Balaban J connectivity index is 2.19. The second kappa shape index (κ2) is 6.15. The van der Waals surface area contributed by atoms with E-state index in [9.17, 15) is 22.8 Å². The molecule has 7 heteroatoms. The second-order valence-electron chi connectivity index (χ2n) is 5.07. The average molecular weight is 301 g/mol. The number of hydrogen-bond donors (Lipinski definition) is 2. The highest BCUT2D eigenvalue weighted by atomic mass is 19.1. The lowest BCUT2D eigenvalue weighted by Crippen LogP contribution is -2.36. The number of carboxylic acids is 1.